The second kappa shape index (κ2) is 6.56. The molecule has 0 amide bonds. The highest BCUT2D eigenvalue weighted by molar-refractivity contribution is 7.71. The first-order chi connectivity index (χ1) is 11.1. The van der Waals surface area contributed by atoms with Crippen molar-refractivity contribution in [2.45, 2.75) is 13.3 Å². The van der Waals surface area contributed by atoms with Crippen molar-refractivity contribution in [2.24, 2.45) is 0 Å². The van der Waals surface area contributed by atoms with Gasteiger partial charge in [-0.15, -0.1) is 0 Å². The van der Waals surface area contributed by atoms with Gasteiger partial charge in [-0.2, -0.15) is 0 Å². The molecule has 3 aromatic rings. The van der Waals surface area contributed by atoms with E-state index >= 15 is 0 Å². The summed E-state index contributed by atoms with van der Waals surface area (Å²) in [5, 5.41) is 0.999. The lowest BCUT2D eigenvalue weighted by Crippen LogP contribution is -2.20. The number of fused-ring (bicyclic) bond motifs is 1. The number of aromatic amines is 1. The molecule has 2 aromatic carbocycles. The van der Waals surface area contributed by atoms with Gasteiger partial charge in [-0.05, 0) is 42.9 Å². The van der Waals surface area contributed by atoms with Gasteiger partial charge >= 0.3 is 0 Å². The highest BCUT2D eigenvalue weighted by Gasteiger charge is 2.10. The van der Waals surface area contributed by atoms with Crippen molar-refractivity contribution >= 4 is 34.7 Å². The number of hydrogen-bond donors (Lipinski definition) is 1. The third-order valence-corrected chi connectivity index (χ3v) is 4.04. The van der Waals surface area contributed by atoms with Crippen molar-refractivity contribution in [3.8, 4) is 11.4 Å². The van der Waals surface area contributed by atoms with Crippen LogP contribution < -0.4 is 10.3 Å². The third-order valence-electron chi connectivity index (χ3n) is 3.44. The molecule has 4 nitrogen and oxygen atoms in total. The second-order valence-corrected chi connectivity index (χ2v) is 5.87. The summed E-state index contributed by atoms with van der Waals surface area (Å²) in [6.07, 6.45) is 0.919. The van der Waals surface area contributed by atoms with E-state index in [1.807, 2.05) is 19.1 Å². The Morgan fingerprint density at radius 1 is 1.26 bits per heavy atom. The Bertz CT molecular complexity index is 978. The molecule has 1 heterocycles. The molecule has 0 spiro atoms. The SMILES string of the molecule is CCCOc1ccc2c(=O)n(-c3ccccc3Cl)c(=S)[nH]c2c1. The molecular weight excluding hydrogens is 332 g/mol. The first kappa shape index (κ1) is 15.8. The minimum Gasteiger partial charge on any atom is -0.494 e. The number of rotatable bonds is 4. The van der Waals surface area contributed by atoms with E-state index in [0.717, 1.165) is 6.42 Å². The molecule has 0 atom stereocenters. The van der Waals surface area contributed by atoms with Gasteiger partial charge in [-0.3, -0.25) is 9.36 Å². The fourth-order valence-corrected chi connectivity index (χ4v) is 2.87. The summed E-state index contributed by atoms with van der Waals surface area (Å²) < 4.78 is 7.30. The van der Waals surface area contributed by atoms with Gasteiger partial charge in [0.1, 0.15) is 5.75 Å². The second-order valence-electron chi connectivity index (χ2n) is 5.08. The quantitative estimate of drug-likeness (QED) is 0.708. The van der Waals surface area contributed by atoms with Crippen LogP contribution in [0.25, 0.3) is 16.6 Å². The maximum atomic E-state index is 12.8. The average molecular weight is 347 g/mol. The van der Waals surface area contributed by atoms with Crippen molar-refractivity contribution in [1.29, 1.82) is 0 Å². The molecule has 6 heteroatoms. The summed E-state index contributed by atoms with van der Waals surface area (Å²) >= 11 is 11.5. The number of nitrogens with one attached hydrogen (secondary N) is 1. The monoisotopic (exact) mass is 346 g/mol. The van der Waals surface area contributed by atoms with Crippen LogP contribution in [0.2, 0.25) is 5.02 Å². The largest absolute Gasteiger partial charge is 0.494 e. The minimum atomic E-state index is -0.209. The van der Waals surface area contributed by atoms with Crippen LogP contribution in [0, 0.1) is 4.77 Å². The topological polar surface area (TPSA) is 47.0 Å². The summed E-state index contributed by atoms with van der Waals surface area (Å²) in [6.45, 7) is 2.67. The van der Waals surface area contributed by atoms with Crippen molar-refractivity contribution in [3.05, 3.63) is 62.6 Å². The van der Waals surface area contributed by atoms with Gasteiger partial charge in [0.25, 0.3) is 5.56 Å². The summed E-state index contributed by atoms with van der Waals surface area (Å²) in [5.74, 6) is 0.708. The molecule has 1 aromatic heterocycles. The number of H-pyrrole nitrogens is 1. The molecule has 23 heavy (non-hydrogen) atoms. The smallest absolute Gasteiger partial charge is 0.266 e. The van der Waals surface area contributed by atoms with E-state index in [1.54, 1.807) is 30.3 Å². The van der Waals surface area contributed by atoms with Gasteiger partial charge in [-0.25, -0.2) is 0 Å². The molecule has 0 bridgehead atoms. The van der Waals surface area contributed by atoms with Gasteiger partial charge in [0.15, 0.2) is 4.77 Å². The summed E-state index contributed by atoms with van der Waals surface area (Å²) in [6, 6.07) is 12.4. The van der Waals surface area contributed by atoms with E-state index < -0.39 is 0 Å². The van der Waals surface area contributed by atoms with Crippen LogP contribution in [0.1, 0.15) is 13.3 Å². The summed E-state index contributed by atoms with van der Waals surface area (Å²) in [5.41, 5.74) is 1.00. The number of ether oxygens (including phenoxy) is 1. The highest BCUT2D eigenvalue weighted by atomic mass is 35.5. The Morgan fingerprint density at radius 2 is 2.04 bits per heavy atom. The van der Waals surface area contributed by atoms with Gasteiger partial charge in [0.2, 0.25) is 0 Å². The van der Waals surface area contributed by atoms with Gasteiger partial charge in [-0.1, -0.05) is 30.7 Å². The zero-order valence-corrected chi connectivity index (χ0v) is 14.1. The van der Waals surface area contributed by atoms with E-state index in [2.05, 4.69) is 4.98 Å². The zero-order chi connectivity index (χ0) is 16.4. The molecule has 0 radical (unpaired) electrons. The Labute approximate surface area is 143 Å². The molecule has 0 aliphatic carbocycles. The molecule has 118 valence electrons. The Balaban J connectivity index is 2.21. The van der Waals surface area contributed by atoms with E-state index in [-0.39, 0.29) is 5.56 Å². The predicted octanol–water partition coefficient (Wildman–Crippen LogP) is 4.49. The van der Waals surface area contributed by atoms with Gasteiger partial charge in [0.05, 0.1) is 28.2 Å². The molecule has 0 unspecified atom stereocenters. The van der Waals surface area contributed by atoms with Gasteiger partial charge in [0, 0.05) is 6.07 Å². The maximum Gasteiger partial charge on any atom is 0.266 e. The van der Waals surface area contributed by atoms with Crippen LogP contribution >= 0.6 is 23.8 Å². The number of halogens is 1. The first-order valence-corrected chi connectivity index (χ1v) is 8.07. The van der Waals surface area contributed by atoms with Crippen molar-refractivity contribution in [3.63, 3.8) is 0 Å². The minimum absolute atomic E-state index is 0.209. The average Bonchev–Trinajstić information content (AvgIpc) is 2.54. The van der Waals surface area contributed by atoms with Gasteiger partial charge < -0.3 is 9.72 Å². The number of benzene rings is 2. The van der Waals surface area contributed by atoms with Crippen molar-refractivity contribution in [1.82, 2.24) is 9.55 Å². The van der Waals surface area contributed by atoms with Crippen LogP contribution in [0.5, 0.6) is 5.75 Å². The molecule has 0 aliphatic rings. The van der Waals surface area contributed by atoms with Crippen LogP contribution in [-0.4, -0.2) is 16.2 Å². The van der Waals surface area contributed by atoms with Crippen molar-refractivity contribution < 1.29 is 4.74 Å². The molecule has 3 rings (SSSR count). The van der Waals surface area contributed by atoms with Crippen LogP contribution in [0.15, 0.2) is 47.3 Å². The lowest BCUT2D eigenvalue weighted by Gasteiger charge is -2.11. The molecule has 0 saturated carbocycles. The Kier molecular flexibility index (Phi) is 4.50. The Morgan fingerprint density at radius 3 is 2.78 bits per heavy atom. The molecule has 0 fully saturated rings. The van der Waals surface area contributed by atoms with E-state index in [0.29, 0.717) is 38.7 Å². The molecule has 0 aliphatic heterocycles. The lowest BCUT2D eigenvalue weighted by atomic mass is 10.2. The highest BCUT2D eigenvalue weighted by Crippen LogP contribution is 2.21. The summed E-state index contributed by atoms with van der Waals surface area (Å²) in [7, 11) is 0. The third kappa shape index (κ3) is 3.02. The number of aromatic nitrogens is 2. The Hall–Kier alpha value is -2.11. The number of hydrogen-bond acceptors (Lipinski definition) is 3. The molecule has 1 N–H and O–H groups in total. The number of para-hydroxylation sites is 1. The molecular formula is C17H15ClN2O2S. The normalized spacial score (nSPS) is 10.9. The first-order valence-electron chi connectivity index (χ1n) is 7.28. The van der Waals surface area contributed by atoms with E-state index in [9.17, 15) is 4.79 Å². The van der Waals surface area contributed by atoms with E-state index in [4.69, 9.17) is 28.6 Å². The van der Waals surface area contributed by atoms with Crippen LogP contribution in [-0.2, 0) is 0 Å². The lowest BCUT2D eigenvalue weighted by molar-refractivity contribution is 0.318. The maximum absolute atomic E-state index is 12.8. The zero-order valence-electron chi connectivity index (χ0n) is 12.5. The number of nitrogens with zero attached hydrogens (tertiary/aromatic N) is 1. The van der Waals surface area contributed by atoms with Crippen LogP contribution in [0.4, 0.5) is 0 Å². The van der Waals surface area contributed by atoms with E-state index in [1.165, 1.54) is 4.57 Å². The standard InChI is InChI=1S/C17H15ClN2O2S/c1-2-9-22-11-7-8-12-14(10-11)19-17(23)20(16(12)21)15-6-4-3-5-13(15)18/h3-8,10H,2,9H2,1H3,(H,19,23). The fourth-order valence-electron chi connectivity index (χ4n) is 2.36. The predicted molar refractivity (Wildman–Crippen MR) is 95.5 cm³/mol. The fraction of sp³-hybridized carbons (Fsp3) is 0.176. The van der Waals surface area contributed by atoms with Crippen LogP contribution in [0.3, 0.4) is 0 Å². The summed E-state index contributed by atoms with van der Waals surface area (Å²) in [4.78, 5) is 15.9. The van der Waals surface area contributed by atoms with Crippen molar-refractivity contribution in [2.75, 3.05) is 6.61 Å². The molecule has 0 saturated heterocycles.